The van der Waals surface area contributed by atoms with Gasteiger partial charge in [0.15, 0.2) is 0 Å². The van der Waals surface area contributed by atoms with E-state index in [1.54, 1.807) is 0 Å². The smallest absolute Gasteiger partial charge is 0.416 e. The van der Waals surface area contributed by atoms with Crippen molar-refractivity contribution in [3.8, 4) is 0 Å². The quantitative estimate of drug-likeness (QED) is 0.570. The van der Waals surface area contributed by atoms with E-state index in [0.29, 0.717) is 12.1 Å². The number of alkyl halides is 6. The Bertz CT molecular complexity index is 581. The number of carbonyl (C=O) groups is 1. The normalized spacial score (nSPS) is 13.6. The van der Waals surface area contributed by atoms with Crippen LogP contribution >= 0.6 is 0 Å². The molecule has 0 aliphatic carbocycles. The summed E-state index contributed by atoms with van der Waals surface area (Å²) in [6, 6.07) is 3.37. The first kappa shape index (κ1) is 19.1. The summed E-state index contributed by atoms with van der Waals surface area (Å²) < 4.78 is 81.3. The van der Waals surface area contributed by atoms with E-state index in [4.69, 9.17) is 0 Å². The van der Waals surface area contributed by atoms with Crippen molar-refractivity contribution in [1.29, 1.82) is 0 Å². The maximum Gasteiger partial charge on any atom is 0.416 e. The standard InChI is InChI=1S/C15H14F6O2/c1-3-12(13(15(19,20)21)8-23-9(2)22)10-4-6-11(7-5-10)14(16,17)18/h4-7H,3,8H2,1-2H3/b13-12+. The van der Waals surface area contributed by atoms with Crippen molar-refractivity contribution in [2.45, 2.75) is 32.6 Å². The van der Waals surface area contributed by atoms with Crippen LogP contribution in [0, 0.1) is 0 Å². The monoisotopic (exact) mass is 340 g/mol. The molecule has 0 saturated carbocycles. The Balaban J connectivity index is 3.31. The van der Waals surface area contributed by atoms with Crippen LogP contribution < -0.4 is 0 Å². The summed E-state index contributed by atoms with van der Waals surface area (Å²) in [5.74, 6) is -0.880. The summed E-state index contributed by atoms with van der Waals surface area (Å²) in [5, 5.41) is 0. The first-order chi connectivity index (χ1) is 10.5. The fourth-order valence-corrected chi connectivity index (χ4v) is 1.97. The van der Waals surface area contributed by atoms with Crippen LogP contribution in [0.2, 0.25) is 0 Å². The molecule has 0 N–H and O–H groups in total. The molecule has 0 bridgehead atoms. The van der Waals surface area contributed by atoms with Gasteiger partial charge in [-0.2, -0.15) is 26.3 Å². The van der Waals surface area contributed by atoms with Gasteiger partial charge in [-0.1, -0.05) is 19.1 Å². The van der Waals surface area contributed by atoms with E-state index in [-0.39, 0.29) is 17.6 Å². The van der Waals surface area contributed by atoms with Crippen molar-refractivity contribution in [3.63, 3.8) is 0 Å². The second kappa shape index (κ2) is 7.06. The van der Waals surface area contributed by atoms with Gasteiger partial charge in [0.2, 0.25) is 0 Å². The molecule has 1 aromatic rings. The van der Waals surface area contributed by atoms with Crippen molar-refractivity contribution in [1.82, 2.24) is 0 Å². The number of hydrogen-bond acceptors (Lipinski definition) is 2. The maximum absolute atomic E-state index is 13.1. The van der Waals surface area contributed by atoms with Crippen LogP contribution in [-0.4, -0.2) is 18.8 Å². The fourth-order valence-electron chi connectivity index (χ4n) is 1.97. The zero-order valence-electron chi connectivity index (χ0n) is 12.3. The van der Waals surface area contributed by atoms with Crippen LogP contribution in [0.15, 0.2) is 29.8 Å². The van der Waals surface area contributed by atoms with Gasteiger partial charge < -0.3 is 4.74 Å². The van der Waals surface area contributed by atoms with Gasteiger partial charge in [0.25, 0.3) is 0 Å². The first-order valence-electron chi connectivity index (χ1n) is 6.57. The van der Waals surface area contributed by atoms with Crippen LogP contribution in [0.4, 0.5) is 26.3 Å². The Kier molecular flexibility index (Phi) is 5.85. The Morgan fingerprint density at radius 1 is 1.04 bits per heavy atom. The number of esters is 1. The number of allylic oxidation sites excluding steroid dienone is 1. The number of halogens is 6. The van der Waals surface area contributed by atoms with Gasteiger partial charge in [-0.15, -0.1) is 0 Å². The molecule has 1 rings (SSSR count). The van der Waals surface area contributed by atoms with Crippen molar-refractivity contribution >= 4 is 11.5 Å². The van der Waals surface area contributed by atoms with Gasteiger partial charge >= 0.3 is 18.3 Å². The highest BCUT2D eigenvalue weighted by Crippen LogP contribution is 2.36. The molecule has 0 atom stereocenters. The molecular formula is C15H14F6O2. The SMILES string of the molecule is CC/C(=C(/COC(C)=O)C(F)(F)F)c1ccc(C(F)(F)F)cc1. The van der Waals surface area contributed by atoms with Gasteiger partial charge in [0, 0.05) is 6.92 Å². The predicted octanol–water partition coefficient (Wildman–Crippen LogP) is 4.99. The second-order valence-corrected chi connectivity index (χ2v) is 4.66. The third-order valence-corrected chi connectivity index (χ3v) is 3.04. The van der Waals surface area contributed by atoms with Gasteiger partial charge in [-0.25, -0.2) is 0 Å². The van der Waals surface area contributed by atoms with E-state index in [2.05, 4.69) is 4.74 Å². The summed E-state index contributed by atoms with van der Waals surface area (Å²) >= 11 is 0. The van der Waals surface area contributed by atoms with Crippen LogP contribution in [-0.2, 0) is 15.7 Å². The van der Waals surface area contributed by atoms with E-state index in [9.17, 15) is 31.1 Å². The largest absolute Gasteiger partial charge is 0.461 e. The van der Waals surface area contributed by atoms with Gasteiger partial charge in [-0.3, -0.25) is 4.79 Å². The van der Waals surface area contributed by atoms with Crippen molar-refractivity contribution in [3.05, 3.63) is 41.0 Å². The molecule has 0 unspecified atom stereocenters. The second-order valence-electron chi connectivity index (χ2n) is 4.66. The minimum Gasteiger partial charge on any atom is -0.461 e. The third kappa shape index (κ3) is 5.30. The number of hydrogen-bond donors (Lipinski definition) is 0. The van der Waals surface area contributed by atoms with Crippen molar-refractivity contribution in [2.75, 3.05) is 6.61 Å². The van der Waals surface area contributed by atoms with Crippen LogP contribution in [0.5, 0.6) is 0 Å². The lowest BCUT2D eigenvalue weighted by molar-refractivity contribution is -0.143. The molecule has 0 radical (unpaired) electrons. The van der Waals surface area contributed by atoms with E-state index in [1.165, 1.54) is 6.92 Å². The minimum absolute atomic E-state index is 0.0000213. The number of rotatable bonds is 4. The Labute approximate surface area is 128 Å². The Morgan fingerprint density at radius 2 is 1.57 bits per heavy atom. The van der Waals surface area contributed by atoms with Crippen LogP contribution in [0.25, 0.3) is 5.57 Å². The molecule has 0 fully saturated rings. The molecular weight excluding hydrogens is 326 g/mol. The first-order valence-corrected chi connectivity index (χ1v) is 6.57. The summed E-state index contributed by atoms with van der Waals surface area (Å²) in [6.07, 6.45) is -9.41. The number of benzene rings is 1. The molecule has 1 aromatic carbocycles. The Hall–Kier alpha value is -1.99. The lowest BCUT2D eigenvalue weighted by atomic mass is 9.96. The molecule has 128 valence electrons. The molecule has 0 amide bonds. The molecule has 0 aliphatic heterocycles. The van der Waals surface area contributed by atoms with E-state index >= 15 is 0 Å². The summed E-state index contributed by atoms with van der Waals surface area (Å²) in [4.78, 5) is 10.7. The van der Waals surface area contributed by atoms with Gasteiger partial charge in [0.05, 0.1) is 11.1 Å². The predicted molar refractivity (Wildman–Crippen MR) is 71.3 cm³/mol. The summed E-state index contributed by atoms with van der Waals surface area (Å²) in [5.41, 5.74) is -2.26. The van der Waals surface area contributed by atoms with Gasteiger partial charge in [-0.05, 0) is 29.7 Å². The molecule has 2 nitrogen and oxygen atoms in total. The molecule has 23 heavy (non-hydrogen) atoms. The lowest BCUT2D eigenvalue weighted by Crippen LogP contribution is -2.20. The van der Waals surface area contributed by atoms with Crippen molar-refractivity contribution in [2.24, 2.45) is 0 Å². The van der Waals surface area contributed by atoms with E-state index in [0.717, 1.165) is 19.1 Å². The molecule has 0 aromatic heterocycles. The van der Waals surface area contributed by atoms with Gasteiger partial charge in [0.1, 0.15) is 6.61 Å². The van der Waals surface area contributed by atoms with Crippen LogP contribution in [0.3, 0.4) is 0 Å². The fraction of sp³-hybridized carbons (Fsp3) is 0.400. The van der Waals surface area contributed by atoms with Crippen molar-refractivity contribution < 1.29 is 35.9 Å². The number of ether oxygens (including phenoxy) is 1. The molecule has 8 heteroatoms. The zero-order valence-corrected chi connectivity index (χ0v) is 12.3. The highest BCUT2D eigenvalue weighted by Gasteiger charge is 2.37. The number of carbonyl (C=O) groups excluding carboxylic acids is 1. The molecule has 0 spiro atoms. The third-order valence-electron chi connectivity index (χ3n) is 3.04. The molecule has 0 heterocycles. The minimum atomic E-state index is -4.76. The molecule has 0 aliphatic rings. The molecule has 0 saturated heterocycles. The highest BCUT2D eigenvalue weighted by molar-refractivity contribution is 5.71. The highest BCUT2D eigenvalue weighted by atomic mass is 19.4. The average Bonchev–Trinajstić information content (AvgIpc) is 2.41. The van der Waals surface area contributed by atoms with E-state index < -0.39 is 36.1 Å². The maximum atomic E-state index is 13.1. The van der Waals surface area contributed by atoms with E-state index in [1.807, 2.05) is 0 Å². The zero-order chi connectivity index (χ0) is 17.8. The summed E-state index contributed by atoms with van der Waals surface area (Å²) in [6.45, 7) is 1.42. The Morgan fingerprint density at radius 3 is 1.91 bits per heavy atom. The lowest BCUT2D eigenvalue weighted by Gasteiger charge is -2.18. The summed E-state index contributed by atoms with van der Waals surface area (Å²) in [7, 11) is 0. The van der Waals surface area contributed by atoms with Crippen LogP contribution in [0.1, 0.15) is 31.4 Å². The topological polar surface area (TPSA) is 26.3 Å². The average molecular weight is 340 g/mol.